The van der Waals surface area contributed by atoms with E-state index < -0.39 is 5.82 Å². The van der Waals surface area contributed by atoms with Gasteiger partial charge in [0.1, 0.15) is 5.82 Å². The van der Waals surface area contributed by atoms with Crippen LogP contribution in [0.3, 0.4) is 0 Å². The fourth-order valence-corrected chi connectivity index (χ4v) is 2.32. The van der Waals surface area contributed by atoms with E-state index in [4.69, 9.17) is 0 Å². The number of hydrogen-bond acceptors (Lipinski definition) is 3. The summed E-state index contributed by atoms with van der Waals surface area (Å²) in [7, 11) is 1.56. The Hall–Kier alpha value is -1.95. The highest BCUT2D eigenvalue weighted by atomic mass is 19.1. The Labute approximate surface area is 123 Å². The molecular formula is C15H20FN3O2. The lowest BCUT2D eigenvalue weighted by Crippen LogP contribution is -2.49. The van der Waals surface area contributed by atoms with Crippen molar-refractivity contribution in [1.82, 2.24) is 15.1 Å². The maximum Gasteiger partial charge on any atom is 0.254 e. The van der Waals surface area contributed by atoms with E-state index in [1.54, 1.807) is 24.9 Å². The average molecular weight is 293 g/mol. The number of hydrogen-bond donors (Lipinski definition) is 1. The molecule has 1 aromatic carbocycles. The summed E-state index contributed by atoms with van der Waals surface area (Å²) < 4.78 is 13.3. The quantitative estimate of drug-likeness (QED) is 0.890. The summed E-state index contributed by atoms with van der Waals surface area (Å²) in [6.07, 6.45) is 0. The fraction of sp³-hybridized carbons (Fsp3) is 0.467. The zero-order chi connectivity index (χ0) is 15.4. The second-order valence-electron chi connectivity index (χ2n) is 5.25. The molecule has 114 valence electrons. The molecular weight excluding hydrogens is 273 g/mol. The van der Waals surface area contributed by atoms with Gasteiger partial charge in [-0.25, -0.2) is 4.39 Å². The molecule has 2 rings (SSSR count). The van der Waals surface area contributed by atoms with Crippen molar-refractivity contribution in [2.75, 3.05) is 39.8 Å². The van der Waals surface area contributed by atoms with Gasteiger partial charge >= 0.3 is 0 Å². The number of carbonyl (C=O) groups is 2. The molecule has 0 bridgehead atoms. The van der Waals surface area contributed by atoms with Crippen LogP contribution in [0.15, 0.2) is 18.2 Å². The Morgan fingerprint density at radius 1 is 1.33 bits per heavy atom. The van der Waals surface area contributed by atoms with Gasteiger partial charge in [0.05, 0.1) is 6.54 Å². The number of rotatable bonds is 3. The van der Waals surface area contributed by atoms with Crippen LogP contribution in [0.1, 0.15) is 15.9 Å². The molecule has 0 spiro atoms. The SMILES string of the molecule is Cc1ccc(F)cc1C(=O)N(C)CC(=O)N1CCNCC1. The number of piperazine rings is 1. The number of nitrogens with one attached hydrogen (secondary N) is 1. The van der Waals surface area contributed by atoms with Crippen molar-refractivity contribution in [2.24, 2.45) is 0 Å². The zero-order valence-corrected chi connectivity index (χ0v) is 12.4. The molecule has 1 fully saturated rings. The predicted octanol–water partition coefficient (Wildman–Crippen LogP) is 0.638. The highest BCUT2D eigenvalue weighted by molar-refractivity contribution is 5.97. The molecule has 0 aliphatic carbocycles. The molecule has 1 heterocycles. The lowest BCUT2D eigenvalue weighted by molar-refractivity contribution is -0.132. The van der Waals surface area contributed by atoms with Crippen LogP contribution in [0, 0.1) is 12.7 Å². The van der Waals surface area contributed by atoms with Gasteiger partial charge in [-0.2, -0.15) is 0 Å². The Morgan fingerprint density at radius 2 is 2.00 bits per heavy atom. The summed E-state index contributed by atoms with van der Waals surface area (Å²) in [6.45, 7) is 4.60. The van der Waals surface area contributed by atoms with Gasteiger partial charge in [-0.1, -0.05) is 6.07 Å². The standard InChI is InChI=1S/C15H20FN3O2/c1-11-3-4-12(16)9-13(11)15(21)18(2)10-14(20)19-7-5-17-6-8-19/h3-4,9,17H,5-8,10H2,1-2H3. The molecule has 1 N–H and O–H groups in total. The minimum Gasteiger partial charge on any atom is -0.339 e. The highest BCUT2D eigenvalue weighted by Crippen LogP contribution is 2.12. The van der Waals surface area contributed by atoms with Crippen molar-refractivity contribution >= 4 is 11.8 Å². The van der Waals surface area contributed by atoms with E-state index in [0.29, 0.717) is 24.2 Å². The molecule has 0 unspecified atom stereocenters. The van der Waals surface area contributed by atoms with Crippen molar-refractivity contribution in [3.05, 3.63) is 35.1 Å². The Bertz CT molecular complexity index is 542. The maximum atomic E-state index is 13.3. The van der Waals surface area contributed by atoms with Crippen molar-refractivity contribution in [3.63, 3.8) is 0 Å². The summed E-state index contributed by atoms with van der Waals surface area (Å²) in [5, 5.41) is 3.17. The molecule has 1 aliphatic rings. The first-order chi connectivity index (χ1) is 9.99. The van der Waals surface area contributed by atoms with Gasteiger partial charge in [-0.15, -0.1) is 0 Å². The third kappa shape index (κ3) is 3.78. The van der Waals surface area contributed by atoms with E-state index in [1.807, 2.05) is 0 Å². The van der Waals surface area contributed by atoms with Gasteiger partial charge in [-0.3, -0.25) is 9.59 Å². The molecule has 0 aromatic heterocycles. The lowest BCUT2D eigenvalue weighted by atomic mass is 10.1. The number of halogens is 1. The van der Waals surface area contributed by atoms with Gasteiger partial charge in [0.2, 0.25) is 5.91 Å². The number of benzene rings is 1. The van der Waals surface area contributed by atoms with Gasteiger partial charge in [0, 0.05) is 38.8 Å². The van der Waals surface area contributed by atoms with Gasteiger partial charge in [0.15, 0.2) is 0 Å². The Morgan fingerprint density at radius 3 is 2.67 bits per heavy atom. The summed E-state index contributed by atoms with van der Waals surface area (Å²) in [5.41, 5.74) is 0.994. The van der Waals surface area contributed by atoms with E-state index in [2.05, 4.69) is 5.32 Å². The monoisotopic (exact) mass is 293 g/mol. The van der Waals surface area contributed by atoms with Gasteiger partial charge < -0.3 is 15.1 Å². The third-order valence-electron chi connectivity index (χ3n) is 3.62. The van der Waals surface area contributed by atoms with Crippen LogP contribution >= 0.6 is 0 Å². The van der Waals surface area contributed by atoms with Crippen LogP contribution in [0.2, 0.25) is 0 Å². The number of nitrogens with zero attached hydrogens (tertiary/aromatic N) is 2. The van der Waals surface area contributed by atoms with Crippen molar-refractivity contribution in [3.8, 4) is 0 Å². The second kappa shape index (κ2) is 6.67. The molecule has 1 aliphatic heterocycles. The number of aryl methyl sites for hydroxylation is 1. The van der Waals surface area contributed by atoms with Crippen molar-refractivity contribution in [2.45, 2.75) is 6.92 Å². The third-order valence-corrected chi connectivity index (χ3v) is 3.62. The van der Waals surface area contributed by atoms with Crippen LogP contribution < -0.4 is 5.32 Å². The molecule has 0 saturated carbocycles. The largest absolute Gasteiger partial charge is 0.339 e. The van der Waals surface area contributed by atoms with Crippen molar-refractivity contribution in [1.29, 1.82) is 0 Å². The first kappa shape index (κ1) is 15.4. The van der Waals surface area contributed by atoms with E-state index >= 15 is 0 Å². The first-order valence-electron chi connectivity index (χ1n) is 6.99. The van der Waals surface area contributed by atoms with Crippen LogP contribution in [-0.4, -0.2) is 61.4 Å². The predicted molar refractivity (Wildman–Crippen MR) is 77.5 cm³/mol. The Balaban J connectivity index is 2.02. The molecule has 0 radical (unpaired) electrons. The smallest absolute Gasteiger partial charge is 0.254 e. The number of likely N-dealkylation sites (N-methyl/N-ethyl adjacent to an activating group) is 1. The first-order valence-corrected chi connectivity index (χ1v) is 6.99. The van der Waals surface area contributed by atoms with Gasteiger partial charge in [-0.05, 0) is 24.6 Å². The summed E-state index contributed by atoms with van der Waals surface area (Å²) >= 11 is 0. The minimum absolute atomic E-state index is 0.00872. The maximum absolute atomic E-state index is 13.3. The van der Waals surface area contributed by atoms with Crippen LogP contribution in [0.4, 0.5) is 4.39 Å². The Kier molecular flexibility index (Phi) is 4.90. The fourth-order valence-electron chi connectivity index (χ4n) is 2.32. The summed E-state index contributed by atoms with van der Waals surface area (Å²) in [4.78, 5) is 27.5. The average Bonchev–Trinajstić information content (AvgIpc) is 2.49. The topological polar surface area (TPSA) is 52.7 Å². The van der Waals surface area contributed by atoms with E-state index in [1.165, 1.54) is 17.0 Å². The molecule has 1 aromatic rings. The van der Waals surface area contributed by atoms with Crippen LogP contribution in [0.25, 0.3) is 0 Å². The van der Waals surface area contributed by atoms with E-state index in [-0.39, 0.29) is 18.4 Å². The number of carbonyl (C=O) groups excluding carboxylic acids is 2. The second-order valence-corrected chi connectivity index (χ2v) is 5.25. The molecule has 6 heteroatoms. The summed E-state index contributed by atoms with van der Waals surface area (Å²) in [5.74, 6) is -0.873. The molecule has 1 saturated heterocycles. The molecule has 0 atom stereocenters. The van der Waals surface area contributed by atoms with Crippen molar-refractivity contribution < 1.29 is 14.0 Å². The number of amides is 2. The minimum atomic E-state index is -0.453. The summed E-state index contributed by atoms with van der Waals surface area (Å²) in [6, 6.07) is 4.09. The molecule has 21 heavy (non-hydrogen) atoms. The molecule has 5 nitrogen and oxygen atoms in total. The zero-order valence-electron chi connectivity index (χ0n) is 12.4. The normalized spacial score (nSPS) is 14.9. The highest BCUT2D eigenvalue weighted by Gasteiger charge is 2.21. The van der Waals surface area contributed by atoms with Crippen LogP contribution in [0.5, 0.6) is 0 Å². The lowest BCUT2D eigenvalue weighted by Gasteiger charge is -2.29. The van der Waals surface area contributed by atoms with E-state index in [0.717, 1.165) is 13.1 Å². The van der Waals surface area contributed by atoms with Crippen LogP contribution in [-0.2, 0) is 4.79 Å². The molecule has 2 amide bonds. The van der Waals surface area contributed by atoms with E-state index in [9.17, 15) is 14.0 Å². The van der Waals surface area contributed by atoms with Gasteiger partial charge in [0.25, 0.3) is 5.91 Å².